The van der Waals surface area contributed by atoms with Crippen molar-refractivity contribution in [2.24, 2.45) is 0 Å². The van der Waals surface area contributed by atoms with Gasteiger partial charge >= 0.3 is 0 Å². The molecule has 0 bridgehead atoms. The second kappa shape index (κ2) is 11.3. The number of ether oxygens (including phenoxy) is 3. The van der Waals surface area contributed by atoms with E-state index in [-0.39, 0.29) is 11.2 Å². The zero-order chi connectivity index (χ0) is 22.4. The molecule has 6 unspecified atom stereocenters. The van der Waals surface area contributed by atoms with Crippen molar-refractivity contribution in [1.82, 2.24) is 0 Å². The summed E-state index contributed by atoms with van der Waals surface area (Å²) in [6, 6.07) is 7.27. The third-order valence-electron chi connectivity index (χ3n) is 5.62. The van der Waals surface area contributed by atoms with Crippen molar-refractivity contribution in [2.75, 3.05) is 13.2 Å². The molecule has 2 heterocycles. The molecule has 0 radical (unpaired) electrons. The number of hydrogen-bond acceptors (Lipinski definition) is 8. The minimum absolute atomic E-state index is 0.255. The standard InChI is InChI=1S/C22H31ClO7S/c1-14-12-17(24)18(25)19(30-14)20(26)31-21(27)22(13-29-22)10-4-2-3-5-11-28-16-8-6-15(23)7-9-16/h6-9,14,17-20,24-26H,2-5,10-13H2,1H3. The van der Waals surface area contributed by atoms with Crippen LogP contribution in [-0.4, -0.2) is 69.1 Å². The number of hydrogen-bond donors (Lipinski definition) is 3. The van der Waals surface area contributed by atoms with Crippen LogP contribution in [0.3, 0.4) is 0 Å². The van der Waals surface area contributed by atoms with Gasteiger partial charge in [0.25, 0.3) is 0 Å². The molecule has 0 aromatic heterocycles. The molecule has 2 fully saturated rings. The predicted octanol–water partition coefficient (Wildman–Crippen LogP) is 2.92. The molecule has 7 nitrogen and oxygen atoms in total. The molecule has 2 saturated heterocycles. The van der Waals surface area contributed by atoms with E-state index in [0.29, 0.717) is 31.1 Å². The number of aliphatic hydroxyl groups excluding tert-OH is 3. The average Bonchev–Trinajstić information content (AvgIpc) is 3.52. The van der Waals surface area contributed by atoms with Crippen LogP contribution in [0.2, 0.25) is 5.02 Å². The largest absolute Gasteiger partial charge is 0.494 e. The molecule has 2 aliphatic heterocycles. The number of thioether (sulfide) groups is 1. The predicted molar refractivity (Wildman–Crippen MR) is 118 cm³/mol. The van der Waals surface area contributed by atoms with Gasteiger partial charge in [0.05, 0.1) is 25.4 Å². The van der Waals surface area contributed by atoms with E-state index < -0.39 is 29.3 Å². The maximum atomic E-state index is 12.6. The summed E-state index contributed by atoms with van der Waals surface area (Å²) in [4.78, 5) is 12.6. The number of epoxide rings is 1. The molecule has 31 heavy (non-hydrogen) atoms. The van der Waals surface area contributed by atoms with E-state index in [0.717, 1.165) is 43.2 Å². The number of carbonyl (C=O) groups excluding carboxylic acids is 1. The van der Waals surface area contributed by atoms with Crippen LogP contribution in [0, 0.1) is 0 Å². The Morgan fingerprint density at radius 3 is 2.61 bits per heavy atom. The molecule has 1 aromatic carbocycles. The first-order valence-corrected chi connectivity index (χ1v) is 12.0. The van der Waals surface area contributed by atoms with Gasteiger partial charge in [-0.05, 0) is 50.5 Å². The number of halogens is 1. The SMILES string of the molecule is CC1CC(O)C(O)C(C(O)SC(=O)C2(CCCCCCOc3ccc(Cl)cc3)CO2)O1. The number of rotatable bonds is 11. The fourth-order valence-corrected chi connectivity index (χ4v) is 4.80. The summed E-state index contributed by atoms with van der Waals surface area (Å²) in [7, 11) is 0. The number of aliphatic hydroxyl groups is 3. The van der Waals surface area contributed by atoms with E-state index in [1.54, 1.807) is 19.1 Å². The summed E-state index contributed by atoms with van der Waals surface area (Å²) in [5, 5.41) is 30.8. The van der Waals surface area contributed by atoms with Crippen molar-refractivity contribution in [2.45, 2.75) is 80.9 Å². The average molecular weight is 475 g/mol. The van der Waals surface area contributed by atoms with Gasteiger partial charge in [-0.2, -0.15) is 0 Å². The van der Waals surface area contributed by atoms with Gasteiger partial charge in [0.2, 0.25) is 5.12 Å². The highest BCUT2D eigenvalue weighted by molar-refractivity contribution is 8.14. The van der Waals surface area contributed by atoms with Crippen molar-refractivity contribution < 1.29 is 34.3 Å². The van der Waals surface area contributed by atoms with Crippen molar-refractivity contribution in [1.29, 1.82) is 0 Å². The first-order valence-electron chi connectivity index (χ1n) is 10.7. The highest BCUT2D eigenvalue weighted by Crippen LogP contribution is 2.40. The lowest BCUT2D eigenvalue weighted by atomic mass is 9.99. The van der Waals surface area contributed by atoms with Crippen LogP contribution in [-0.2, 0) is 14.3 Å². The van der Waals surface area contributed by atoms with Crippen molar-refractivity contribution in [3.63, 3.8) is 0 Å². The Hall–Kier alpha value is -0.870. The topological polar surface area (TPSA) is 109 Å². The van der Waals surface area contributed by atoms with Gasteiger partial charge in [0.15, 0.2) is 5.60 Å². The van der Waals surface area contributed by atoms with Crippen LogP contribution in [0.15, 0.2) is 24.3 Å². The first kappa shape index (κ1) is 24.8. The molecular formula is C22H31ClO7S. The summed E-state index contributed by atoms with van der Waals surface area (Å²) >= 11 is 6.57. The van der Waals surface area contributed by atoms with Crippen LogP contribution < -0.4 is 4.74 Å². The monoisotopic (exact) mass is 474 g/mol. The van der Waals surface area contributed by atoms with Crippen LogP contribution in [0.25, 0.3) is 0 Å². The molecule has 0 amide bonds. The minimum atomic E-state index is -1.26. The van der Waals surface area contributed by atoms with Gasteiger partial charge in [-0.3, -0.25) is 4.79 Å². The third-order valence-corrected chi connectivity index (χ3v) is 6.97. The molecule has 9 heteroatoms. The third kappa shape index (κ3) is 7.05. The van der Waals surface area contributed by atoms with Crippen LogP contribution >= 0.6 is 23.4 Å². The van der Waals surface area contributed by atoms with Crippen LogP contribution in [0.5, 0.6) is 5.75 Å². The first-order chi connectivity index (χ1) is 14.8. The quantitative estimate of drug-likeness (QED) is 0.255. The summed E-state index contributed by atoms with van der Waals surface area (Å²) in [5.41, 5.74) is -2.11. The Morgan fingerprint density at radius 1 is 1.26 bits per heavy atom. The molecule has 6 atom stereocenters. The van der Waals surface area contributed by atoms with Gasteiger partial charge in [0.1, 0.15) is 23.4 Å². The van der Waals surface area contributed by atoms with Gasteiger partial charge < -0.3 is 29.5 Å². The van der Waals surface area contributed by atoms with Crippen molar-refractivity contribution in [3.8, 4) is 5.75 Å². The lowest BCUT2D eigenvalue weighted by Crippen LogP contribution is -2.52. The molecule has 0 saturated carbocycles. The zero-order valence-electron chi connectivity index (χ0n) is 17.6. The molecule has 0 aliphatic carbocycles. The fraction of sp³-hybridized carbons (Fsp3) is 0.682. The van der Waals surface area contributed by atoms with Gasteiger partial charge in [-0.25, -0.2) is 0 Å². The summed E-state index contributed by atoms with van der Waals surface area (Å²) in [6.45, 7) is 2.73. The number of benzene rings is 1. The maximum Gasteiger partial charge on any atom is 0.225 e. The minimum Gasteiger partial charge on any atom is -0.494 e. The second-order valence-electron chi connectivity index (χ2n) is 8.25. The fourth-order valence-electron chi connectivity index (χ4n) is 3.66. The normalized spacial score (nSPS) is 31.3. The lowest BCUT2D eigenvalue weighted by molar-refractivity contribution is -0.180. The van der Waals surface area contributed by atoms with E-state index in [9.17, 15) is 20.1 Å². The Bertz CT molecular complexity index is 712. The highest BCUT2D eigenvalue weighted by atomic mass is 35.5. The second-order valence-corrected chi connectivity index (χ2v) is 9.78. The molecule has 3 N–H and O–H groups in total. The Kier molecular flexibility index (Phi) is 9.04. The Balaban J connectivity index is 1.32. The molecule has 2 aliphatic rings. The summed E-state index contributed by atoms with van der Waals surface area (Å²) in [5.74, 6) is 0.796. The Labute approximate surface area is 192 Å². The van der Waals surface area contributed by atoms with E-state index in [1.807, 2.05) is 12.1 Å². The summed E-state index contributed by atoms with van der Waals surface area (Å²) in [6.07, 6.45) is 1.04. The van der Waals surface area contributed by atoms with Gasteiger partial charge in [-0.15, -0.1) is 0 Å². The van der Waals surface area contributed by atoms with E-state index in [2.05, 4.69) is 0 Å². The smallest absolute Gasteiger partial charge is 0.225 e. The Morgan fingerprint density at radius 2 is 1.94 bits per heavy atom. The molecule has 3 rings (SSSR count). The number of unbranched alkanes of at least 4 members (excludes halogenated alkanes) is 3. The van der Waals surface area contributed by atoms with E-state index in [1.165, 1.54) is 0 Å². The molecule has 0 spiro atoms. The molecular weight excluding hydrogens is 444 g/mol. The van der Waals surface area contributed by atoms with Gasteiger partial charge in [0, 0.05) is 11.4 Å². The lowest BCUT2D eigenvalue weighted by Gasteiger charge is -2.37. The summed E-state index contributed by atoms with van der Waals surface area (Å²) < 4.78 is 16.7. The van der Waals surface area contributed by atoms with Gasteiger partial charge in [-0.1, -0.05) is 36.2 Å². The molecule has 1 aromatic rings. The zero-order valence-corrected chi connectivity index (χ0v) is 19.2. The number of carbonyl (C=O) groups is 1. The molecule has 174 valence electrons. The van der Waals surface area contributed by atoms with Crippen molar-refractivity contribution in [3.05, 3.63) is 29.3 Å². The van der Waals surface area contributed by atoms with E-state index >= 15 is 0 Å². The highest BCUT2D eigenvalue weighted by Gasteiger charge is 2.53. The maximum absolute atomic E-state index is 12.6. The van der Waals surface area contributed by atoms with E-state index in [4.69, 9.17) is 25.8 Å². The van der Waals surface area contributed by atoms with Crippen LogP contribution in [0.1, 0.15) is 45.4 Å². The van der Waals surface area contributed by atoms with Crippen molar-refractivity contribution >= 4 is 28.5 Å². The van der Waals surface area contributed by atoms with Crippen LogP contribution in [0.4, 0.5) is 0 Å².